The van der Waals surface area contributed by atoms with E-state index in [4.69, 9.17) is 5.73 Å². The Labute approximate surface area is 117 Å². The average molecular weight is 304 g/mol. The third-order valence-electron chi connectivity index (χ3n) is 3.75. The van der Waals surface area contributed by atoms with Gasteiger partial charge in [0.2, 0.25) is 10.0 Å². The van der Waals surface area contributed by atoms with E-state index >= 15 is 0 Å². The molecule has 20 heavy (non-hydrogen) atoms. The smallest absolute Gasteiger partial charge is 0.243 e. The van der Waals surface area contributed by atoms with E-state index in [2.05, 4.69) is 11.6 Å². The first kappa shape index (κ1) is 15.2. The molecule has 7 heteroatoms. The van der Waals surface area contributed by atoms with Crippen molar-refractivity contribution in [2.24, 2.45) is 11.8 Å². The van der Waals surface area contributed by atoms with Gasteiger partial charge >= 0.3 is 0 Å². The van der Waals surface area contributed by atoms with Crippen LogP contribution < -0.4 is 10.5 Å². The molecule has 2 unspecified atom stereocenters. The zero-order chi connectivity index (χ0) is 14.9. The number of hydrogen-bond donors (Lipinski definition) is 2. The first-order valence-corrected chi connectivity index (χ1v) is 8.02. The molecule has 0 heterocycles. The van der Waals surface area contributed by atoms with Crippen LogP contribution in [0.1, 0.15) is 26.2 Å². The molecule has 0 aliphatic heterocycles. The molecular formula is C13H18F2N2O2S. The number of halogens is 2. The van der Waals surface area contributed by atoms with Gasteiger partial charge in [-0.1, -0.05) is 13.3 Å². The van der Waals surface area contributed by atoms with E-state index in [1.807, 2.05) is 0 Å². The van der Waals surface area contributed by atoms with Crippen molar-refractivity contribution in [1.29, 1.82) is 0 Å². The maximum Gasteiger partial charge on any atom is 0.243 e. The monoisotopic (exact) mass is 304 g/mol. The summed E-state index contributed by atoms with van der Waals surface area (Å²) in [4.78, 5) is -0.609. The van der Waals surface area contributed by atoms with Gasteiger partial charge in [-0.3, -0.25) is 0 Å². The van der Waals surface area contributed by atoms with E-state index in [1.165, 1.54) is 0 Å². The highest BCUT2D eigenvalue weighted by Gasteiger charge is 2.26. The topological polar surface area (TPSA) is 72.2 Å². The van der Waals surface area contributed by atoms with E-state index in [-0.39, 0.29) is 12.5 Å². The lowest BCUT2D eigenvalue weighted by molar-refractivity contribution is 0.495. The van der Waals surface area contributed by atoms with E-state index < -0.39 is 32.2 Å². The summed E-state index contributed by atoms with van der Waals surface area (Å²) in [6, 6.07) is 1.74. The lowest BCUT2D eigenvalue weighted by Crippen LogP contribution is -2.29. The van der Waals surface area contributed by atoms with Gasteiger partial charge in [0.1, 0.15) is 16.4 Å². The molecule has 1 aromatic carbocycles. The fraction of sp³-hybridized carbons (Fsp3) is 0.538. The predicted octanol–water partition coefficient (Wildman–Crippen LogP) is 2.26. The number of anilines is 1. The molecule has 2 rings (SSSR count). The number of hydrogen-bond acceptors (Lipinski definition) is 3. The predicted molar refractivity (Wildman–Crippen MR) is 72.5 cm³/mol. The maximum absolute atomic E-state index is 13.7. The second kappa shape index (κ2) is 5.65. The van der Waals surface area contributed by atoms with Gasteiger partial charge in [-0.25, -0.2) is 21.9 Å². The zero-order valence-corrected chi connectivity index (χ0v) is 12.0. The second-order valence-corrected chi connectivity index (χ2v) is 7.14. The molecule has 0 radical (unpaired) electrons. The molecule has 1 fully saturated rings. The van der Waals surface area contributed by atoms with Crippen molar-refractivity contribution in [1.82, 2.24) is 4.72 Å². The van der Waals surface area contributed by atoms with Crippen molar-refractivity contribution in [3.63, 3.8) is 0 Å². The summed E-state index contributed by atoms with van der Waals surface area (Å²) < 4.78 is 53.2. The van der Waals surface area contributed by atoms with Crippen LogP contribution in [0.25, 0.3) is 0 Å². The Bertz CT molecular complexity index is 605. The number of nitrogens with two attached hydrogens (primary N) is 1. The Morgan fingerprint density at radius 2 is 2.05 bits per heavy atom. The summed E-state index contributed by atoms with van der Waals surface area (Å²) in [5.41, 5.74) is 4.40. The number of nitrogen functional groups attached to an aromatic ring is 1. The van der Waals surface area contributed by atoms with E-state index in [0.29, 0.717) is 5.92 Å². The van der Waals surface area contributed by atoms with Crippen LogP contribution in [0.2, 0.25) is 0 Å². The molecule has 2 atom stereocenters. The second-order valence-electron chi connectivity index (χ2n) is 5.41. The summed E-state index contributed by atoms with van der Waals surface area (Å²) in [5.74, 6) is -1.35. The number of benzene rings is 1. The van der Waals surface area contributed by atoms with Crippen LogP contribution in [0.4, 0.5) is 14.5 Å². The van der Waals surface area contributed by atoms with Gasteiger partial charge in [0.25, 0.3) is 0 Å². The highest BCUT2D eigenvalue weighted by Crippen LogP contribution is 2.30. The van der Waals surface area contributed by atoms with Gasteiger partial charge in [0, 0.05) is 6.54 Å². The van der Waals surface area contributed by atoms with Crippen LogP contribution in [0.15, 0.2) is 17.0 Å². The highest BCUT2D eigenvalue weighted by molar-refractivity contribution is 7.89. The molecule has 0 amide bonds. The van der Waals surface area contributed by atoms with E-state index in [0.717, 1.165) is 31.4 Å². The Kier molecular flexibility index (Phi) is 4.29. The van der Waals surface area contributed by atoms with Crippen molar-refractivity contribution in [3.8, 4) is 0 Å². The average Bonchev–Trinajstić information content (AvgIpc) is 2.79. The summed E-state index contributed by atoms with van der Waals surface area (Å²) in [6.45, 7) is 2.39. The molecule has 112 valence electrons. The van der Waals surface area contributed by atoms with E-state index in [9.17, 15) is 17.2 Å². The maximum atomic E-state index is 13.7. The molecule has 0 bridgehead atoms. The summed E-state index contributed by atoms with van der Waals surface area (Å²) in [7, 11) is -4.01. The highest BCUT2D eigenvalue weighted by atomic mass is 32.2. The Hall–Kier alpha value is -1.21. The summed E-state index contributed by atoms with van der Waals surface area (Å²) in [6.07, 6.45) is 2.98. The number of rotatable bonds is 4. The fourth-order valence-electron chi connectivity index (χ4n) is 2.57. The third-order valence-corrected chi connectivity index (χ3v) is 5.19. The Morgan fingerprint density at radius 3 is 2.65 bits per heavy atom. The molecule has 1 saturated carbocycles. The standard InChI is InChI=1S/C13H18F2N2O2S/c1-8-2-3-9(6-8)7-17-20(18,19)11-5-4-10(14)13(16)12(11)15/h4-5,8-9,17H,2-3,6-7,16H2,1H3. The van der Waals surface area contributed by atoms with Crippen molar-refractivity contribution in [2.75, 3.05) is 12.3 Å². The molecule has 0 saturated heterocycles. The quantitative estimate of drug-likeness (QED) is 0.838. The Balaban J connectivity index is 2.13. The molecule has 0 aromatic heterocycles. The lowest BCUT2D eigenvalue weighted by Gasteiger charge is -2.13. The molecule has 0 spiro atoms. The zero-order valence-electron chi connectivity index (χ0n) is 11.2. The molecular weight excluding hydrogens is 286 g/mol. The minimum atomic E-state index is -4.01. The number of nitrogens with one attached hydrogen (secondary N) is 1. The van der Waals surface area contributed by atoms with Crippen LogP contribution in [0, 0.1) is 23.5 Å². The minimum absolute atomic E-state index is 0.264. The van der Waals surface area contributed by atoms with Crippen molar-refractivity contribution >= 4 is 15.7 Å². The van der Waals surface area contributed by atoms with E-state index in [1.54, 1.807) is 0 Å². The fourth-order valence-corrected chi connectivity index (χ4v) is 3.78. The first-order valence-electron chi connectivity index (χ1n) is 6.54. The van der Waals surface area contributed by atoms with Crippen molar-refractivity contribution in [3.05, 3.63) is 23.8 Å². The van der Waals surface area contributed by atoms with Crippen molar-refractivity contribution in [2.45, 2.75) is 31.1 Å². The van der Waals surface area contributed by atoms with Crippen LogP contribution in [-0.4, -0.2) is 15.0 Å². The molecule has 1 aliphatic carbocycles. The third kappa shape index (κ3) is 3.09. The lowest BCUT2D eigenvalue weighted by atomic mass is 10.1. The van der Waals surface area contributed by atoms with Gasteiger partial charge in [-0.15, -0.1) is 0 Å². The van der Waals surface area contributed by atoms with Crippen LogP contribution in [0.5, 0.6) is 0 Å². The Morgan fingerprint density at radius 1 is 1.35 bits per heavy atom. The SMILES string of the molecule is CC1CCC(CNS(=O)(=O)c2ccc(F)c(N)c2F)C1. The normalized spacial score (nSPS) is 23.1. The van der Waals surface area contributed by atoms with Gasteiger partial charge in [0.15, 0.2) is 5.82 Å². The minimum Gasteiger partial charge on any atom is -0.394 e. The molecule has 1 aromatic rings. The van der Waals surface area contributed by atoms with Crippen LogP contribution in [0.3, 0.4) is 0 Å². The van der Waals surface area contributed by atoms with Crippen LogP contribution >= 0.6 is 0 Å². The van der Waals surface area contributed by atoms with Gasteiger partial charge in [-0.05, 0) is 36.8 Å². The molecule has 3 N–H and O–H groups in total. The van der Waals surface area contributed by atoms with Crippen LogP contribution in [-0.2, 0) is 10.0 Å². The van der Waals surface area contributed by atoms with Gasteiger partial charge in [0.05, 0.1) is 0 Å². The van der Waals surface area contributed by atoms with Gasteiger partial charge < -0.3 is 5.73 Å². The molecule has 1 aliphatic rings. The summed E-state index contributed by atoms with van der Waals surface area (Å²) in [5, 5.41) is 0. The van der Waals surface area contributed by atoms with Crippen molar-refractivity contribution < 1.29 is 17.2 Å². The molecule has 4 nitrogen and oxygen atoms in total. The first-order chi connectivity index (χ1) is 9.31. The largest absolute Gasteiger partial charge is 0.394 e. The number of sulfonamides is 1. The van der Waals surface area contributed by atoms with Gasteiger partial charge in [-0.2, -0.15) is 0 Å². The summed E-state index contributed by atoms with van der Waals surface area (Å²) >= 11 is 0.